The van der Waals surface area contributed by atoms with Crippen molar-refractivity contribution < 1.29 is 14.0 Å². The Morgan fingerprint density at radius 3 is 2.67 bits per heavy atom. The number of nitrogens with zero attached hydrogens (tertiary/aromatic N) is 7. The molecule has 3 aromatic heterocycles. The summed E-state index contributed by atoms with van der Waals surface area (Å²) in [7, 11) is 6.10. The van der Waals surface area contributed by atoms with E-state index in [4.69, 9.17) is 9.40 Å². The number of likely N-dealkylation sites (tertiary alicyclic amines) is 1. The maximum absolute atomic E-state index is 13.6. The highest BCUT2D eigenvalue weighted by atomic mass is 31.0. The van der Waals surface area contributed by atoms with Crippen LogP contribution in [0.5, 0.6) is 0 Å². The summed E-state index contributed by atoms with van der Waals surface area (Å²) in [6.07, 6.45) is 4.48. The van der Waals surface area contributed by atoms with Gasteiger partial charge in [0.15, 0.2) is 0 Å². The highest BCUT2D eigenvalue weighted by Crippen LogP contribution is 2.26. The molecule has 1 aromatic carbocycles. The van der Waals surface area contributed by atoms with Crippen LogP contribution in [0.1, 0.15) is 18.5 Å². The van der Waals surface area contributed by atoms with Crippen LogP contribution in [-0.2, 0) is 17.8 Å². The topological polar surface area (TPSA) is 100 Å². The number of rotatable bonds is 6. The van der Waals surface area contributed by atoms with Crippen LogP contribution in [0.4, 0.5) is 10.5 Å². The predicted molar refractivity (Wildman–Crippen MR) is 139 cm³/mol. The van der Waals surface area contributed by atoms with Crippen molar-refractivity contribution in [1.29, 1.82) is 0 Å². The standard InChI is InChI=1S/C25H28N7O3P/c1-4-22-27-28-23(35-22)16-8-9-30-14-18(26-21(30)10-16)15-32(19-6-5-7-20(36)11-19)24(33)17-12-31(13-17)25(34)29(2)3/h5-11,14,17H,4,12-13,15,36H2,1-3H3. The fraction of sp³-hybridized carbons (Fsp3) is 0.320. The van der Waals surface area contributed by atoms with E-state index >= 15 is 0 Å². The molecule has 1 atom stereocenters. The zero-order valence-electron chi connectivity index (χ0n) is 20.5. The van der Waals surface area contributed by atoms with Crippen molar-refractivity contribution in [1.82, 2.24) is 29.4 Å². The van der Waals surface area contributed by atoms with Crippen molar-refractivity contribution in [3.63, 3.8) is 0 Å². The summed E-state index contributed by atoms with van der Waals surface area (Å²) in [5.41, 5.74) is 3.04. The van der Waals surface area contributed by atoms with E-state index in [0.717, 1.165) is 27.9 Å². The molecule has 0 spiro atoms. The van der Waals surface area contributed by atoms with Gasteiger partial charge in [0, 0.05) is 57.3 Å². The van der Waals surface area contributed by atoms with E-state index in [-0.39, 0.29) is 17.9 Å². The maximum Gasteiger partial charge on any atom is 0.319 e. The van der Waals surface area contributed by atoms with Gasteiger partial charge in [-0.3, -0.25) is 4.79 Å². The molecule has 36 heavy (non-hydrogen) atoms. The Labute approximate surface area is 211 Å². The molecule has 1 aliphatic rings. The van der Waals surface area contributed by atoms with Crippen LogP contribution in [0.25, 0.3) is 17.1 Å². The number of hydrogen-bond donors (Lipinski definition) is 0. The third-order valence-corrected chi connectivity index (χ3v) is 6.54. The van der Waals surface area contributed by atoms with Gasteiger partial charge in [-0.25, -0.2) is 9.78 Å². The number of amides is 3. The fourth-order valence-corrected chi connectivity index (χ4v) is 4.48. The monoisotopic (exact) mass is 505 g/mol. The molecule has 4 aromatic rings. The number of carbonyl (C=O) groups excluding carboxylic acids is 2. The maximum atomic E-state index is 13.6. The molecular formula is C25H28N7O3P. The summed E-state index contributed by atoms with van der Waals surface area (Å²) >= 11 is 0. The van der Waals surface area contributed by atoms with Crippen molar-refractivity contribution in [2.75, 3.05) is 32.1 Å². The van der Waals surface area contributed by atoms with Gasteiger partial charge in [-0.15, -0.1) is 19.4 Å². The number of hydrogen-bond acceptors (Lipinski definition) is 6. The van der Waals surface area contributed by atoms with Gasteiger partial charge < -0.3 is 23.5 Å². The Morgan fingerprint density at radius 1 is 1.17 bits per heavy atom. The zero-order chi connectivity index (χ0) is 25.4. The molecule has 186 valence electrons. The predicted octanol–water partition coefficient (Wildman–Crippen LogP) is 2.59. The first-order valence-corrected chi connectivity index (χ1v) is 12.3. The Kier molecular flexibility index (Phi) is 6.45. The number of urea groups is 1. The highest BCUT2D eigenvalue weighted by molar-refractivity contribution is 7.27. The highest BCUT2D eigenvalue weighted by Gasteiger charge is 2.39. The number of pyridine rings is 1. The van der Waals surface area contributed by atoms with E-state index in [2.05, 4.69) is 19.4 Å². The fourth-order valence-electron chi connectivity index (χ4n) is 4.20. The Hall–Kier alpha value is -3.78. The summed E-state index contributed by atoms with van der Waals surface area (Å²) in [6.45, 7) is 3.09. The summed E-state index contributed by atoms with van der Waals surface area (Å²) in [4.78, 5) is 35.5. The minimum absolute atomic E-state index is 0.0240. The lowest BCUT2D eigenvalue weighted by molar-refractivity contribution is -0.126. The molecule has 1 aliphatic heterocycles. The number of carbonyl (C=O) groups is 2. The Morgan fingerprint density at radius 2 is 1.97 bits per heavy atom. The van der Waals surface area contributed by atoms with Gasteiger partial charge in [-0.2, -0.15) is 0 Å². The van der Waals surface area contributed by atoms with E-state index in [9.17, 15) is 9.59 Å². The molecule has 0 aliphatic carbocycles. The molecular weight excluding hydrogens is 477 g/mol. The average Bonchev–Trinajstić information content (AvgIpc) is 3.47. The van der Waals surface area contributed by atoms with Gasteiger partial charge in [0.1, 0.15) is 5.65 Å². The van der Waals surface area contributed by atoms with Crippen molar-refractivity contribution in [3.8, 4) is 11.5 Å². The summed E-state index contributed by atoms with van der Waals surface area (Å²) in [6, 6.07) is 11.5. The summed E-state index contributed by atoms with van der Waals surface area (Å²) in [5, 5.41) is 9.13. The van der Waals surface area contributed by atoms with Crippen LogP contribution in [0.3, 0.4) is 0 Å². The molecule has 0 N–H and O–H groups in total. The molecule has 5 rings (SSSR count). The van der Waals surface area contributed by atoms with E-state index in [1.807, 2.05) is 60.1 Å². The SMILES string of the molecule is CCc1nnc(-c2ccn3cc(CN(C(=O)C4CN(C(=O)N(C)C)C4)c4cccc(P)c4)nc3c2)o1. The van der Waals surface area contributed by atoms with E-state index < -0.39 is 0 Å². The zero-order valence-corrected chi connectivity index (χ0v) is 21.6. The van der Waals surface area contributed by atoms with Crippen LogP contribution in [0.15, 0.2) is 53.2 Å². The minimum Gasteiger partial charge on any atom is -0.421 e. The molecule has 1 fully saturated rings. The van der Waals surface area contributed by atoms with Crippen molar-refractivity contribution in [2.24, 2.45) is 5.92 Å². The average molecular weight is 506 g/mol. The number of fused-ring (bicyclic) bond motifs is 1. The molecule has 4 heterocycles. The van der Waals surface area contributed by atoms with Gasteiger partial charge in [0.25, 0.3) is 0 Å². The Balaban J connectivity index is 1.40. The second-order valence-electron chi connectivity index (χ2n) is 9.07. The van der Waals surface area contributed by atoms with Gasteiger partial charge in [-0.1, -0.05) is 19.1 Å². The van der Waals surface area contributed by atoms with Crippen molar-refractivity contribution in [2.45, 2.75) is 19.9 Å². The first-order valence-electron chi connectivity index (χ1n) is 11.8. The van der Waals surface area contributed by atoms with Crippen molar-refractivity contribution in [3.05, 3.63) is 60.4 Å². The summed E-state index contributed by atoms with van der Waals surface area (Å²) in [5.74, 6) is 0.760. The lowest BCUT2D eigenvalue weighted by atomic mass is 9.98. The first kappa shape index (κ1) is 23.9. The van der Waals surface area contributed by atoms with Crippen LogP contribution in [0, 0.1) is 5.92 Å². The minimum atomic E-state index is -0.254. The second-order valence-corrected chi connectivity index (χ2v) is 9.73. The number of anilines is 1. The van der Waals surface area contributed by atoms with Crippen LogP contribution in [0.2, 0.25) is 0 Å². The van der Waals surface area contributed by atoms with Gasteiger partial charge in [0.05, 0.1) is 18.2 Å². The van der Waals surface area contributed by atoms with Crippen molar-refractivity contribution >= 4 is 37.8 Å². The number of benzene rings is 1. The first-order chi connectivity index (χ1) is 17.3. The lowest BCUT2D eigenvalue weighted by Crippen LogP contribution is -2.58. The normalized spacial score (nSPS) is 13.6. The molecule has 11 heteroatoms. The van der Waals surface area contributed by atoms with E-state index in [1.165, 1.54) is 4.90 Å². The van der Waals surface area contributed by atoms with Gasteiger partial charge in [0.2, 0.25) is 17.7 Å². The number of aromatic nitrogens is 4. The third kappa shape index (κ3) is 4.68. The second kappa shape index (κ2) is 9.70. The number of imidazole rings is 1. The van der Waals surface area contributed by atoms with Crippen LogP contribution < -0.4 is 10.2 Å². The Bertz CT molecular complexity index is 1420. The smallest absolute Gasteiger partial charge is 0.319 e. The molecule has 10 nitrogen and oxygen atoms in total. The molecule has 3 amide bonds. The molecule has 0 bridgehead atoms. The van der Waals surface area contributed by atoms with E-state index in [0.29, 0.717) is 37.8 Å². The summed E-state index contributed by atoms with van der Waals surface area (Å²) < 4.78 is 7.59. The third-order valence-electron chi connectivity index (χ3n) is 6.18. The van der Waals surface area contributed by atoms with Gasteiger partial charge >= 0.3 is 6.03 Å². The largest absolute Gasteiger partial charge is 0.421 e. The molecule has 0 radical (unpaired) electrons. The quantitative estimate of drug-likeness (QED) is 0.374. The van der Waals surface area contributed by atoms with Crippen LogP contribution >= 0.6 is 9.24 Å². The molecule has 0 saturated carbocycles. The van der Waals surface area contributed by atoms with Crippen LogP contribution in [-0.4, -0.2) is 68.5 Å². The lowest BCUT2D eigenvalue weighted by Gasteiger charge is -2.41. The number of aryl methyl sites for hydroxylation is 1. The molecule has 1 unspecified atom stereocenters. The molecule has 1 saturated heterocycles. The van der Waals surface area contributed by atoms with Gasteiger partial charge in [-0.05, 0) is 29.6 Å². The van der Waals surface area contributed by atoms with E-state index in [1.54, 1.807) is 23.9 Å².